The topological polar surface area (TPSA) is 312 Å². The van der Waals surface area contributed by atoms with Gasteiger partial charge < -0.3 is 31.6 Å². The largest absolute Gasteiger partial charge is 1.00 e. The van der Waals surface area contributed by atoms with E-state index in [9.17, 15) is 35.5 Å². The Bertz CT molecular complexity index is 2710. The molecule has 22 heteroatoms. The molecule has 5 aromatic carbocycles. The van der Waals surface area contributed by atoms with Crippen LogP contribution in [-0.4, -0.2) is 43.3 Å². The van der Waals surface area contributed by atoms with Crippen LogP contribution in [0.5, 0.6) is 0 Å². The summed E-state index contributed by atoms with van der Waals surface area (Å²) in [5.74, 6) is -1.66. The Morgan fingerprint density at radius 2 is 1.30 bits per heavy atom. The van der Waals surface area contributed by atoms with Crippen molar-refractivity contribution < 1.29 is 94.6 Å². The number of hydrogen-bond donors (Lipinski definition) is 5. The number of amides is 1. The Hall–Kier alpha value is -5.13. The number of nitrogens with one attached hydrogen (secondary N) is 2. The Kier molecular flexibility index (Phi) is 14.4. The second-order valence-corrected chi connectivity index (χ2v) is 14.2. The molecule has 57 heavy (non-hydrogen) atoms. The van der Waals surface area contributed by atoms with Gasteiger partial charge in [-0.15, -0.1) is 10.2 Å². The summed E-state index contributed by atoms with van der Waals surface area (Å²) in [7, 11) is -10.7. The zero-order valence-corrected chi connectivity index (χ0v) is 35.6. The number of nitrogens with two attached hydrogens (primary N) is 3. The summed E-state index contributed by atoms with van der Waals surface area (Å²) in [6, 6.07) is 25.6. The molecule has 278 valence electrons. The summed E-state index contributed by atoms with van der Waals surface area (Å²) in [6.45, 7) is 0. The maximum Gasteiger partial charge on any atom is 1.00 e. The molecule has 18 nitrogen and oxygen atoms in total. The first-order valence-corrected chi connectivity index (χ1v) is 18.4. The number of azo groups is 2. The molecule has 8 N–H and O–H groups in total. The number of carbonyl (C=O) groups is 2. The second-order valence-electron chi connectivity index (χ2n) is 11.6. The van der Waals surface area contributed by atoms with Crippen molar-refractivity contribution in [3.05, 3.63) is 125 Å². The molecule has 0 bridgehead atoms. The zero-order chi connectivity index (χ0) is 39.5. The van der Waals surface area contributed by atoms with Crippen molar-refractivity contribution in [2.24, 2.45) is 25.6 Å². The van der Waals surface area contributed by atoms with Gasteiger partial charge in [0.05, 0.1) is 43.8 Å². The van der Waals surface area contributed by atoms with Crippen LogP contribution in [0.25, 0.3) is 6.08 Å². The van der Waals surface area contributed by atoms with Crippen LogP contribution in [-0.2, 0) is 20.2 Å². The summed E-state index contributed by atoms with van der Waals surface area (Å²) < 4.78 is 73.3. The minimum absolute atomic E-state index is 0. The first-order valence-electron chi connectivity index (χ1n) is 15.6. The molecule has 0 aromatic heterocycles. The summed E-state index contributed by atoms with van der Waals surface area (Å²) in [6.07, 6.45) is 0.694. The molecule has 0 unspecified atom stereocenters. The van der Waals surface area contributed by atoms with Gasteiger partial charge in [0.25, 0.3) is 5.91 Å². The quantitative estimate of drug-likeness (QED) is 0.0408. The van der Waals surface area contributed by atoms with Crippen molar-refractivity contribution in [1.29, 1.82) is 0 Å². The maximum atomic E-state index is 13.6. The minimum Gasteiger partial charge on any atom is -0.744 e. The maximum absolute atomic E-state index is 13.6. The predicted octanol–water partition coefficient (Wildman–Crippen LogP) is -0.0211. The van der Waals surface area contributed by atoms with Crippen LogP contribution in [0.2, 0.25) is 0 Å². The number of nitrogens with zero attached hydrogens (tertiary/aromatic N) is 5. The molecule has 1 amide bonds. The number of hydrazone groups is 1. The number of ketones is 1. The molecule has 0 aliphatic heterocycles. The van der Waals surface area contributed by atoms with Gasteiger partial charge in [-0.1, -0.05) is 18.2 Å². The van der Waals surface area contributed by atoms with Gasteiger partial charge in [-0.2, -0.15) is 15.3 Å². The first kappa shape index (κ1) is 44.6. The third-order valence-corrected chi connectivity index (χ3v) is 9.45. The van der Waals surface area contributed by atoms with Gasteiger partial charge in [0, 0.05) is 16.9 Å². The Labute approximate surface area is 369 Å². The van der Waals surface area contributed by atoms with Crippen molar-refractivity contribution in [2.45, 2.75) is 4.90 Å². The van der Waals surface area contributed by atoms with E-state index in [1.54, 1.807) is 72.8 Å². The normalized spacial score (nSPS) is 13.4. The van der Waals surface area contributed by atoms with Gasteiger partial charge in [0.2, 0.25) is 5.78 Å². The van der Waals surface area contributed by atoms with E-state index in [1.165, 1.54) is 24.3 Å². The van der Waals surface area contributed by atoms with Crippen molar-refractivity contribution in [3.8, 4) is 0 Å². The molecular formula is C35H26N10Na2O8S2. The smallest absolute Gasteiger partial charge is 0.744 e. The molecule has 1 aliphatic rings. The molecule has 0 radical (unpaired) electrons. The van der Waals surface area contributed by atoms with Crippen molar-refractivity contribution in [3.63, 3.8) is 0 Å². The van der Waals surface area contributed by atoms with E-state index < -0.39 is 69.9 Å². The van der Waals surface area contributed by atoms with E-state index in [0.29, 0.717) is 46.3 Å². The average molecular weight is 825 g/mol. The fourth-order valence-corrected chi connectivity index (χ4v) is 6.40. The van der Waals surface area contributed by atoms with Gasteiger partial charge in [-0.05, 0) is 96.6 Å². The number of hydrogen-bond acceptors (Lipinski definition) is 17. The summed E-state index contributed by atoms with van der Waals surface area (Å²) >= 11 is 0. The summed E-state index contributed by atoms with van der Waals surface area (Å²) in [5.41, 5.74) is 20.0. The molecule has 0 saturated heterocycles. The van der Waals surface area contributed by atoms with Crippen LogP contribution < -0.4 is 87.1 Å². The zero-order valence-electron chi connectivity index (χ0n) is 29.9. The van der Waals surface area contributed by atoms with Crippen molar-refractivity contribution in [1.82, 2.24) is 0 Å². The van der Waals surface area contributed by atoms with E-state index >= 15 is 0 Å². The van der Waals surface area contributed by atoms with E-state index in [4.69, 9.17) is 17.2 Å². The van der Waals surface area contributed by atoms with Crippen molar-refractivity contribution in [2.75, 3.05) is 27.9 Å². The fraction of sp³-hybridized carbons (Fsp3) is 0. The summed E-state index contributed by atoms with van der Waals surface area (Å²) in [5, 5.41) is 22.6. The minimum atomic E-state index is -5.36. The molecule has 0 heterocycles. The van der Waals surface area contributed by atoms with E-state index in [0.717, 1.165) is 0 Å². The number of nitrogen functional groups attached to an aromatic ring is 3. The third kappa shape index (κ3) is 10.6. The van der Waals surface area contributed by atoms with Gasteiger partial charge in [0.15, 0.2) is 0 Å². The number of carbonyl (C=O) groups excluding carboxylic acids is 2. The number of fused-ring (bicyclic) bond motifs is 1. The molecule has 6 rings (SSSR count). The number of rotatable bonds is 10. The van der Waals surface area contributed by atoms with Crippen LogP contribution in [0.1, 0.15) is 26.3 Å². The van der Waals surface area contributed by atoms with Crippen LogP contribution in [0.15, 0.2) is 138 Å². The third-order valence-electron chi connectivity index (χ3n) is 7.75. The number of para-hydroxylation sites is 1. The number of anilines is 5. The first-order chi connectivity index (χ1) is 26.1. The van der Waals surface area contributed by atoms with Crippen molar-refractivity contribution >= 4 is 94.9 Å². The van der Waals surface area contributed by atoms with Gasteiger partial charge in [-0.25, -0.2) is 16.8 Å². The molecule has 0 saturated carbocycles. The molecule has 0 atom stereocenters. The van der Waals surface area contributed by atoms with Crippen LogP contribution in [0, 0.1) is 0 Å². The molecule has 5 aromatic rings. The van der Waals surface area contributed by atoms with Gasteiger partial charge >= 0.3 is 59.1 Å². The SMILES string of the molecule is Nc1ccc(N=Nc2ccc(NC(=O)c3ccc(N=Nc4c(S(=O)(=O)[O-])cc5c(c4N)C(=O)/C(=N\Nc4ccccc4)C(S(=O)(=O)[O-])=C5)cc3)cc2)c(N)c1.[Na+].[Na+]. The summed E-state index contributed by atoms with van der Waals surface area (Å²) in [4.78, 5) is 24.4. The van der Waals surface area contributed by atoms with Gasteiger partial charge in [-0.3, -0.25) is 15.0 Å². The number of benzene rings is 5. The van der Waals surface area contributed by atoms with Gasteiger partial charge in [0.1, 0.15) is 37.3 Å². The van der Waals surface area contributed by atoms with E-state index in [2.05, 4.69) is 36.3 Å². The van der Waals surface area contributed by atoms with Crippen LogP contribution >= 0.6 is 0 Å². The number of Topliss-reactive ketones (excluding diaryl/α,β-unsaturated/α-hetero) is 1. The molecular weight excluding hydrogens is 799 g/mol. The predicted molar refractivity (Wildman–Crippen MR) is 203 cm³/mol. The standard InChI is InChI=1S/C35H28N10O8S2.2Na/c36-21-8-15-27(26(37)18-21)43-40-25-13-11-22(12-14-25)39-35(47)19-6-9-24(10-7-19)42-44-32-28(54(48,49)50)16-20-17-29(55(51,52)53)33(34(46)30(20)31(32)38)45-41-23-4-2-1-3-5-23;;/h1-18,41H,36-38H2,(H,39,47)(H,48,49,50)(H,51,52,53);;/q;2*+1/p-2/b43-40?,44-42?,45-33-;;. The Morgan fingerprint density at radius 1 is 0.684 bits per heavy atom. The fourth-order valence-electron chi connectivity index (χ4n) is 5.10. The Morgan fingerprint density at radius 3 is 1.89 bits per heavy atom. The average Bonchev–Trinajstić information content (AvgIpc) is 3.14. The van der Waals surface area contributed by atoms with Crippen LogP contribution in [0.4, 0.5) is 51.2 Å². The van der Waals surface area contributed by atoms with Crippen LogP contribution in [0.3, 0.4) is 0 Å². The molecule has 0 spiro atoms. The Balaban J connectivity index is 0.00000360. The molecule has 1 aliphatic carbocycles. The van der Waals surface area contributed by atoms with E-state index in [1.807, 2.05) is 0 Å². The number of allylic oxidation sites excluding steroid dienone is 1. The molecule has 0 fully saturated rings. The monoisotopic (exact) mass is 824 g/mol. The second kappa shape index (κ2) is 18.4. The van der Waals surface area contributed by atoms with E-state index in [-0.39, 0.29) is 70.4 Å².